The molecule has 5 rings (SSSR count). The molecule has 0 radical (unpaired) electrons. The Morgan fingerprint density at radius 2 is 1.64 bits per heavy atom. The van der Waals surface area contributed by atoms with Gasteiger partial charge in [-0.15, -0.1) is 0 Å². The van der Waals surface area contributed by atoms with Crippen molar-refractivity contribution >= 4 is 11.8 Å². The summed E-state index contributed by atoms with van der Waals surface area (Å²) in [4.78, 5) is 27.5. The van der Waals surface area contributed by atoms with Crippen molar-refractivity contribution in [3.05, 3.63) is 71.3 Å². The standard InChI is InChI=1S/C29H33F3N2O5/c1-26(38-16-17-39-26)22-11-7-6-10-21(22)23-19-33-24(35)18-27(23)12-14-34(15-13-27)25(36)28(37-2,29(30,31)32)20-8-4-3-5-9-20/h3-11,23H,12-19H2,1-2H3,(H,33,35)/t23?,28-/m1/s1. The first-order valence-electron chi connectivity index (χ1n) is 13.2. The predicted molar refractivity (Wildman–Crippen MR) is 135 cm³/mol. The van der Waals surface area contributed by atoms with E-state index in [1.807, 2.05) is 31.2 Å². The fourth-order valence-electron chi connectivity index (χ4n) is 6.57. The second kappa shape index (κ2) is 10.2. The highest BCUT2D eigenvalue weighted by Crippen LogP contribution is 2.52. The number of benzene rings is 2. The first-order valence-corrected chi connectivity index (χ1v) is 13.2. The van der Waals surface area contributed by atoms with Gasteiger partial charge in [0.05, 0.1) is 13.2 Å². The third-order valence-corrected chi connectivity index (χ3v) is 8.65. The van der Waals surface area contributed by atoms with E-state index in [0.717, 1.165) is 18.2 Å². The van der Waals surface area contributed by atoms with Crippen molar-refractivity contribution in [1.29, 1.82) is 0 Å². The monoisotopic (exact) mass is 546 g/mol. The molecule has 210 valence electrons. The normalized spacial score (nSPS) is 24.3. The lowest BCUT2D eigenvalue weighted by molar-refractivity contribution is -0.271. The van der Waals surface area contributed by atoms with Crippen molar-refractivity contribution in [2.75, 3.05) is 40.0 Å². The van der Waals surface area contributed by atoms with E-state index in [1.165, 1.54) is 29.2 Å². The highest BCUT2D eigenvalue weighted by Gasteiger charge is 2.64. The fraction of sp³-hybridized carbons (Fsp3) is 0.517. The van der Waals surface area contributed by atoms with Gasteiger partial charge in [0.2, 0.25) is 5.91 Å². The summed E-state index contributed by atoms with van der Waals surface area (Å²) in [5.41, 5.74) is -2.06. The van der Waals surface area contributed by atoms with Crippen LogP contribution >= 0.6 is 0 Å². The van der Waals surface area contributed by atoms with Crippen LogP contribution in [0.5, 0.6) is 0 Å². The van der Waals surface area contributed by atoms with Gasteiger partial charge >= 0.3 is 6.18 Å². The maximum atomic E-state index is 14.5. The Morgan fingerprint density at radius 1 is 1.03 bits per heavy atom. The Labute approximate surface area is 225 Å². The zero-order valence-corrected chi connectivity index (χ0v) is 22.1. The molecule has 2 aromatic carbocycles. The van der Waals surface area contributed by atoms with Gasteiger partial charge in [-0.1, -0.05) is 54.6 Å². The molecule has 2 atom stereocenters. The molecule has 3 aliphatic rings. The minimum absolute atomic E-state index is 0.0725. The van der Waals surface area contributed by atoms with E-state index in [9.17, 15) is 22.8 Å². The molecule has 7 nitrogen and oxygen atoms in total. The molecule has 3 fully saturated rings. The quantitative estimate of drug-likeness (QED) is 0.608. The molecule has 3 aliphatic heterocycles. The van der Waals surface area contributed by atoms with Gasteiger partial charge < -0.3 is 24.4 Å². The number of carbonyl (C=O) groups excluding carboxylic acids is 2. The highest BCUT2D eigenvalue weighted by atomic mass is 19.4. The summed E-state index contributed by atoms with van der Waals surface area (Å²) >= 11 is 0. The van der Waals surface area contributed by atoms with Crippen LogP contribution in [0, 0.1) is 5.41 Å². The van der Waals surface area contributed by atoms with Crippen LogP contribution in [-0.2, 0) is 35.2 Å². The van der Waals surface area contributed by atoms with Gasteiger partial charge in [0, 0.05) is 50.2 Å². The van der Waals surface area contributed by atoms with Gasteiger partial charge in [0.15, 0.2) is 5.79 Å². The number of amides is 2. The maximum absolute atomic E-state index is 14.5. The number of hydrogen-bond donors (Lipinski definition) is 1. The van der Waals surface area contributed by atoms with E-state index in [2.05, 4.69) is 5.32 Å². The molecule has 0 bridgehead atoms. The van der Waals surface area contributed by atoms with Crippen LogP contribution in [0.2, 0.25) is 0 Å². The number of piperidine rings is 2. The van der Waals surface area contributed by atoms with Crippen LogP contribution in [0.4, 0.5) is 13.2 Å². The largest absolute Gasteiger partial charge is 0.430 e. The van der Waals surface area contributed by atoms with Crippen LogP contribution in [0.1, 0.15) is 48.8 Å². The molecule has 3 saturated heterocycles. The third-order valence-electron chi connectivity index (χ3n) is 8.65. The molecule has 10 heteroatoms. The molecule has 1 spiro atoms. The number of halogens is 3. The van der Waals surface area contributed by atoms with Crippen LogP contribution < -0.4 is 5.32 Å². The van der Waals surface area contributed by atoms with Gasteiger partial charge in [-0.25, -0.2) is 0 Å². The summed E-state index contributed by atoms with van der Waals surface area (Å²) in [6.07, 6.45) is -4.01. The lowest BCUT2D eigenvalue weighted by Crippen LogP contribution is -2.60. The predicted octanol–water partition coefficient (Wildman–Crippen LogP) is 4.22. The van der Waals surface area contributed by atoms with E-state index in [1.54, 1.807) is 6.07 Å². The minimum Gasteiger partial charge on any atom is -0.356 e. The second-order valence-electron chi connectivity index (χ2n) is 10.7. The van der Waals surface area contributed by atoms with Crippen molar-refractivity contribution in [1.82, 2.24) is 10.2 Å². The van der Waals surface area contributed by atoms with Crippen molar-refractivity contribution in [3.63, 3.8) is 0 Å². The smallest absolute Gasteiger partial charge is 0.356 e. The number of rotatable bonds is 5. The molecular weight excluding hydrogens is 513 g/mol. The number of likely N-dealkylation sites (tertiary alicyclic amines) is 1. The Morgan fingerprint density at radius 3 is 2.26 bits per heavy atom. The SMILES string of the molecule is CO[C@@](C(=O)N1CCC2(CC1)CC(=O)NCC2c1ccccc1C1(C)OCCO1)(c1ccccc1)C(F)(F)F. The fourth-order valence-corrected chi connectivity index (χ4v) is 6.57. The molecule has 39 heavy (non-hydrogen) atoms. The first kappa shape index (κ1) is 27.6. The van der Waals surface area contributed by atoms with E-state index in [4.69, 9.17) is 14.2 Å². The van der Waals surface area contributed by atoms with Crippen molar-refractivity contribution < 1.29 is 37.0 Å². The number of ether oxygens (including phenoxy) is 3. The summed E-state index contributed by atoms with van der Waals surface area (Å²) in [7, 11) is 0.913. The molecule has 3 heterocycles. The molecule has 1 unspecified atom stereocenters. The molecule has 0 aliphatic carbocycles. The molecular formula is C29H33F3N2O5. The van der Waals surface area contributed by atoms with Crippen molar-refractivity contribution in [2.45, 2.75) is 49.7 Å². The number of carbonyl (C=O) groups is 2. The molecule has 0 saturated carbocycles. The number of nitrogens with zero attached hydrogens (tertiary/aromatic N) is 1. The average molecular weight is 547 g/mol. The first-order chi connectivity index (χ1) is 18.6. The summed E-state index contributed by atoms with van der Waals surface area (Å²) in [5.74, 6) is -2.29. The van der Waals surface area contributed by atoms with E-state index in [0.29, 0.717) is 32.6 Å². The Balaban J connectivity index is 1.45. The van der Waals surface area contributed by atoms with Crippen molar-refractivity contribution in [2.24, 2.45) is 5.41 Å². The average Bonchev–Trinajstić information content (AvgIpc) is 3.37. The molecule has 0 aromatic heterocycles. The summed E-state index contributed by atoms with van der Waals surface area (Å²) in [5, 5.41) is 2.97. The van der Waals surface area contributed by atoms with Crippen LogP contribution in [0.15, 0.2) is 54.6 Å². The number of hydrogen-bond acceptors (Lipinski definition) is 5. The summed E-state index contributed by atoms with van der Waals surface area (Å²) in [6.45, 7) is 3.34. The van der Waals surface area contributed by atoms with Crippen molar-refractivity contribution in [3.8, 4) is 0 Å². The van der Waals surface area contributed by atoms with Gasteiger partial charge in [-0.3, -0.25) is 9.59 Å². The Bertz CT molecular complexity index is 1210. The van der Waals surface area contributed by atoms with E-state index < -0.39 is 28.9 Å². The van der Waals surface area contributed by atoms with Gasteiger partial charge in [-0.2, -0.15) is 13.2 Å². The number of methoxy groups -OCH3 is 1. The Hall–Kier alpha value is -2.95. The Kier molecular flexibility index (Phi) is 7.24. The van der Waals surface area contributed by atoms with Crippen LogP contribution in [0.3, 0.4) is 0 Å². The summed E-state index contributed by atoms with van der Waals surface area (Å²) < 4.78 is 60.5. The van der Waals surface area contributed by atoms with Crippen LogP contribution in [-0.4, -0.2) is 62.8 Å². The highest BCUT2D eigenvalue weighted by molar-refractivity contribution is 5.88. The third kappa shape index (κ3) is 4.62. The zero-order chi connectivity index (χ0) is 27.9. The topological polar surface area (TPSA) is 77.1 Å². The van der Waals surface area contributed by atoms with Gasteiger partial charge in [0.25, 0.3) is 11.5 Å². The summed E-state index contributed by atoms with van der Waals surface area (Å²) in [6, 6.07) is 14.8. The lowest BCUT2D eigenvalue weighted by Gasteiger charge is -2.50. The van der Waals surface area contributed by atoms with E-state index in [-0.39, 0.29) is 36.9 Å². The lowest BCUT2D eigenvalue weighted by atomic mass is 9.61. The molecule has 2 aromatic rings. The number of alkyl halides is 3. The van der Waals surface area contributed by atoms with Gasteiger partial charge in [0.1, 0.15) is 0 Å². The van der Waals surface area contributed by atoms with Gasteiger partial charge in [-0.05, 0) is 30.7 Å². The minimum atomic E-state index is -4.97. The second-order valence-corrected chi connectivity index (χ2v) is 10.7. The van der Waals surface area contributed by atoms with Crippen LogP contribution in [0.25, 0.3) is 0 Å². The zero-order valence-electron chi connectivity index (χ0n) is 22.1. The number of nitrogens with one attached hydrogen (secondary N) is 1. The molecule has 2 amide bonds. The maximum Gasteiger partial charge on any atom is 0.430 e. The molecule has 1 N–H and O–H groups in total. The van der Waals surface area contributed by atoms with E-state index >= 15 is 0 Å².